The molecule has 4 fully saturated rings. The van der Waals surface area contributed by atoms with Crippen LogP contribution in [0.3, 0.4) is 0 Å². The van der Waals surface area contributed by atoms with Crippen LogP contribution in [0.5, 0.6) is 5.75 Å². The number of ketones is 1. The maximum absolute atomic E-state index is 13.6. The molecule has 4 saturated carbocycles. The maximum Gasteiger partial charge on any atom is 0.380 e. The standard InChI is InChI=1S/C24H35NO4S/c1-14(2)19-5-6-20(22(15(3)4)23(19)29-30(25,27)28)21(26)13-24-10-16-7-17(11-24)9-18(8-16)12-24/h5-6,14-18H,7-13H2,1-4H3,(H2,25,27,28). The van der Waals surface area contributed by atoms with Crippen molar-refractivity contribution in [1.29, 1.82) is 0 Å². The van der Waals surface area contributed by atoms with Gasteiger partial charge < -0.3 is 4.18 Å². The molecule has 4 aliphatic carbocycles. The zero-order valence-corrected chi connectivity index (χ0v) is 19.4. The third-order valence-electron chi connectivity index (χ3n) is 7.63. The number of hydrogen-bond acceptors (Lipinski definition) is 4. The Morgan fingerprint density at radius 1 is 1.03 bits per heavy atom. The van der Waals surface area contributed by atoms with Gasteiger partial charge in [0.15, 0.2) is 11.5 Å². The van der Waals surface area contributed by atoms with Crippen LogP contribution in [-0.4, -0.2) is 14.2 Å². The van der Waals surface area contributed by atoms with Crippen molar-refractivity contribution in [1.82, 2.24) is 0 Å². The van der Waals surface area contributed by atoms with Crippen LogP contribution in [0.1, 0.15) is 106 Å². The smallest absolute Gasteiger partial charge is 0.370 e. The van der Waals surface area contributed by atoms with E-state index in [4.69, 9.17) is 9.32 Å². The topological polar surface area (TPSA) is 86.5 Å². The summed E-state index contributed by atoms with van der Waals surface area (Å²) in [7, 11) is -4.19. The maximum atomic E-state index is 13.6. The summed E-state index contributed by atoms with van der Waals surface area (Å²) in [5, 5.41) is 5.23. The molecule has 1 aromatic carbocycles. The molecule has 2 N–H and O–H groups in total. The minimum absolute atomic E-state index is 0.0477. The van der Waals surface area contributed by atoms with Gasteiger partial charge in [-0.15, -0.1) is 0 Å². The molecule has 166 valence electrons. The van der Waals surface area contributed by atoms with Gasteiger partial charge in [-0.25, -0.2) is 0 Å². The van der Waals surface area contributed by atoms with Gasteiger partial charge in [-0.1, -0.05) is 39.8 Å². The lowest BCUT2D eigenvalue weighted by Crippen LogP contribution is -2.46. The van der Waals surface area contributed by atoms with Crippen molar-refractivity contribution in [3.05, 3.63) is 28.8 Å². The Kier molecular flexibility index (Phi) is 5.55. The number of hydrogen-bond donors (Lipinski definition) is 1. The fourth-order valence-electron chi connectivity index (χ4n) is 7.04. The van der Waals surface area contributed by atoms with Crippen LogP contribution < -0.4 is 9.32 Å². The molecule has 0 spiro atoms. The fourth-order valence-corrected chi connectivity index (χ4v) is 7.46. The normalized spacial score (nSPS) is 30.3. The summed E-state index contributed by atoms with van der Waals surface area (Å²) in [4.78, 5) is 13.6. The van der Waals surface area contributed by atoms with Crippen molar-refractivity contribution in [2.75, 3.05) is 0 Å². The molecule has 0 aromatic heterocycles. The molecule has 0 unspecified atom stereocenters. The van der Waals surface area contributed by atoms with Gasteiger partial charge in [0.2, 0.25) is 0 Å². The van der Waals surface area contributed by atoms with Gasteiger partial charge >= 0.3 is 10.3 Å². The molecule has 0 atom stereocenters. The Morgan fingerprint density at radius 2 is 1.57 bits per heavy atom. The van der Waals surface area contributed by atoms with E-state index in [0.717, 1.165) is 23.3 Å². The minimum atomic E-state index is -4.19. The average Bonchev–Trinajstić information content (AvgIpc) is 2.57. The lowest BCUT2D eigenvalue weighted by atomic mass is 9.48. The second-order valence-electron chi connectivity index (χ2n) is 10.8. The summed E-state index contributed by atoms with van der Waals surface area (Å²) >= 11 is 0. The largest absolute Gasteiger partial charge is 0.380 e. The minimum Gasteiger partial charge on any atom is -0.370 e. The monoisotopic (exact) mass is 433 g/mol. The lowest BCUT2D eigenvalue weighted by Gasteiger charge is -2.56. The van der Waals surface area contributed by atoms with Gasteiger partial charge in [-0.2, -0.15) is 13.6 Å². The fraction of sp³-hybridized carbons (Fsp3) is 0.708. The summed E-state index contributed by atoms with van der Waals surface area (Å²) in [5.74, 6) is 2.73. The molecule has 5 rings (SSSR count). The van der Waals surface area contributed by atoms with Crippen LogP contribution in [0.2, 0.25) is 0 Å². The van der Waals surface area contributed by atoms with Crippen molar-refractivity contribution in [2.24, 2.45) is 28.3 Å². The zero-order chi connectivity index (χ0) is 21.8. The highest BCUT2D eigenvalue weighted by Gasteiger charge is 2.51. The molecule has 0 heterocycles. The second-order valence-corrected chi connectivity index (χ2v) is 12.0. The van der Waals surface area contributed by atoms with Gasteiger partial charge in [0.05, 0.1) is 0 Å². The molecule has 4 aliphatic rings. The zero-order valence-electron chi connectivity index (χ0n) is 18.6. The molecular formula is C24H35NO4S. The van der Waals surface area contributed by atoms with E-state index in [9.17, 15) is 13.2 Å². The number of carbonyl (C=O) groups is 1. The summed E-state index contributed by atoms with van der Waals surface area (Å²) < 4.78 is 28.9. The number of Topliss-reactive ketones (excluding diaryl/α,β-unsaturated/α-hetero) is 1. The van der Waals surface area contributed by atoms with Gasteiger partial charge in [-0.3, -0.25) is 4.79 Å². The number of carbonyl (C=O) groups excluding carboxylic acids is 1. The predicted octanol–water partition coefficient (Wildman–Crippen LogP) is 5.30. The first-order valence-corrected chi connectivity index (χ1v) is 12.9. The quantitative estimate of drug-likeness (QED) is 0.591. The van der Waals surface area contributed by atoms with Crippen LogP contribution in [0.25, 0.3) is 0 Å². The first-order valence-electron chi connectivity index (χ1n) is 11.4. The first-order chi connectivity index (χ1) is 14.0. The van der Waals surface area contributed by atoms with Gasteiger partial charge in [0.25, 0.3) is 0 Å². The third-order valence-corrected chi connectivity index (χ3v) is 8.03. The summed E-state index contributed by atoms with van der Waals surface area (Å²) in [6.07, 6.45) is 8.12. The molecule has 6 heteroatoms. The van der Waals surface area contributed by atoms with Gasteiger partial charge in [-0.05, 0) is 79.1 Å². The highest BCUT2D eigenvalue weighted by atomic mass is 32.2. The van der Waals surface area contributed by atoms with E-state index in [1.54, 1.807) is 0 Å². The van der Waals surface area contributed by atoms with Crippen LogP contribution in [-0.2, 0) is 10.3 Å². The van der Waals surface area contributed by atoms with Crippen LogP contribution in [0, 0.1) is 23.2 Å². The molecule has 0 radical (unpaired) electrons. The Bertz CT molecular complexity index is 913. The van der Waals surface area contributed by atoms with Crippen molar-refractivity contribution in [3.63, 3.8) is 0 Å². The first kappa shape index (κ1) is 21.8. The molecule has 4 bridgehead atoms. The van der Waals surface area contributed by atoms with E-state index in [0.29, 0.717) is 17.5 Å². The van der Waals surface area contributed by atoms with Crippen molar-refractivity contribution in [3.8, 4) is 5.75 Å². The summed E-state index contributed by atoms with van der Waals surface area (Å²) in [6.45, 7) is 7.90. The van der Waals surface area contributed by atoms with E-state index in [-0.39, 0.29) is 28.8 Å². The third kappa shape index (κ3) is 4.18. The summed E-state index contributed by atoms with van der Waals surface area (Å²) in [6, 6.07) is 3.72. The molecule has 5 nitrogen and oxygen atoms in total. The SMILES string of the molecule is CC(C)c1ccc(C(=O)CC23CC4CC(CC(C4)C2)C3)c(C(C)C)c1OS(N)(=O)=O. The predicted molar refractivity (Wildman–Crippen MR) is 118 cm³/mol. The van der Waals surface area contributed by atoms with E-state index in [1.807, 2.05) is 39.8 Å². The Hall–Kier alpha value is -1.40. The van der Waals surface area contributed by atoms with Gasteiger partial charge in [0, 0.05) is 17.5 Å². The highest BCUT2D eigenvalue weighted by Crippen LogP contribution is 2.61. The average molecular weight is 434 g/mol. The van der Waals surface area contributed by atoms with Crippen molar-refractivity contribution >= 4 is 16.1 Å². The van der Waals surface area contributed by atoms with Crippen molar-refractivity contribution in [2.45, 2.75) is 84.5 Å². The highest BCUT2D eigenvalue weighted by molar-refractivity contribution is 7.84. The van der Waals surface area contributed by atoms with Gasteiger partial charge in [0.1, 0.15) is 0 Å². The second kappa shape index (κ2) is 7.63. The molecule has 0 saturated heterocycles. The molecular weight excluding hydrogens is 398 g/mol. The Labute approximate surface area is 181 Å². The van der Waals surface area contributed by atoms with E-state index in [2.05, 4.69) is 0 Å². The Balaban J connectivity index is 1.71. The molecule has 0 amide bonds. The van der Waals surface area contributed by atoms with Crippen LogP contribution >= 0.6 is 0 Å². The number of rotatable bonds is 7. The molecule has 1 aromatic rings. The molecule has 0 aliphatic heterocycles. The van der Waals surface area contributed by atoms with E-state index >= 15 is 0 Å². The van der Waals surface area contributed by atoms with E-state index < -0.39 is 10.3 Å². The van der Waals surface area contributed by atoms with Crippen LogP contribution in [0.4, 0.5) is 0 Å². The lowest BCUT2D eigenvalue weighted by molar-refractivity contribution is -0.0524. The number of benzene rings is 1. The molecule has 30 heavy (non-hydrogen) atoms. The van der Waals surface area contributed by atoms with Crippen LogP contribution in [0.15, 0.2) is 12.1 Å². The Morgan fingerprint density at radius 3 is 2.00 bits per heavy atom. The number of nitrogens with two attached hydrogens (primary N) is 1. The van der Waals surface area contributed by atoms with Crippen molar-refractivity contribution < 1.29 is 17.4 Å². The summed E-state index contributed by atoms with van der Waals surface area (Å²) in [5.41, 5.74) is 2.17. The van der Waals surface area contributed by atoms with E-state index in [1.165, 1.54) is 38.5 Å².